The molecule has 2 rings (SSSR count). The smallest absolute Gasteiger partial charge is 0.258 e. The molecule has 0 atom stereocenters. The molecule has 0 saturated heterocycles. The zero-order chi connectivity index (χ0) is 13.1. The Hall–Kier alpha value is -0.600. The fourth-order valence-electron chi connectivity index (χ4n) is 1.34. The van der Waals surface area contributed by atoms with Gasteiger partial charge >= 0.3 is 0 Å². The lowest BCUT2D eigenvalue weighted by molar-refractivity contribution is -0.385. The van der Waals surface area contributed by atoms with E-state index in [9.17, 15) is 10.1 Å². The van der Waals surface area contributed by atoms with Crippen LogP contribution in [-0.4, -0.2) is 4.92 Å². The molecule has 0 spiro atoms. The van der Waals surface area contributed by atoms with Crippen molar-refractivity contribution in [2.24, 2.45) is 0 Å². The molecule has 0 unspecified atom stereocenters. The molecule has 6 heteroatoms. The molecule has 0 amide bonds. The number of nitrogens with zero attached hydrogens (tertiary/aromatic N) is 1. The van der Waals surface area contributed by atoms with Crippen LogP contribution in [-0.2, 0) is 0 Å². The molecular formula is C12H7BrINO2S. The normalized spacial score (nSPS) is 10.3. The minimum atomic E-state index is -0.365. The SMILES string of the molecule is O=[N+]([O-])c1ccc(Sc2ccc(Br)cc2)cc1I. The zero-order valence-electron chi connectivity index (χ0n) is 8.97. The molecule has 0 heterocycles. The van der Waals surface area contributed by atoms with Gasteiger partial charge < -0.3 is 0 Å². The number of benzene rings is 2. The first-order valence-corrected chi connectivity index (χ1v) is 7.62. The first-order chi connectivity index (χ1) is 8.56. The van der Waals surface area contributed by atoms with Crippen molar-refractivity contribution in [3.05, 3.63) is 60.6 Å². The van der Waals surface area contributed by atoms with E-state index in [4.69, 9.17) is 0 Å². The summed E-state index contributed by atoms with van der Waals surface area (Å²) in [5, 5.41) is 10.7. The van der Waals surface area contributed by atoms with E-state index < -0.39 is 0 Å². The van der Waals surface area contributed by atoms with Crippen LogP contribution >= 0.6 is 50.3 Å². The summed E-state index contributed by atoms with van der Waals surface area (Å²) in [5.74, 6) is 0. The van der Waals surface area contributed by atoms with Gasteiger partial charge in [0.25, 0.3) is 5.69 Å². The summed E-state index contributed by atoms with van der Waals surface area (Å²) in [6.45, 7) is 0. The summed E-state index contributed by atoms with van der Waals surface area (Å²) < 4.78 is 1.69. The van der Waals surface area contributed by atoms with Crippen molar-refractivity contribution in [2.75, 3.05) is 0 Å². The Bertz CT molecular complexity index is 589. The highest BCUT2D eigenvalue weighted by molar-refractivity contribution is 14.1. The van der Waals surface area contributed by atoms with E-state index in [1.807, 2.05) is 52.9 Å². The van der Waals surface area contributed by atoms with Crippen LogP contribution in [0.25, 0.3) is 0 Å². The molecule has 0 fully saturated rings. The monoisotopic (exact) mass is 435 g/mol. The number of hydrogen-bond donors (Lipinski definition) is 0. The molecule has 92 valence electrons. The van der Waals surface area contributed by atoms with Crippen molar-refractivity contribution < 1.29 is 4.92 Å². The molecule has 2 aromatic carbocycles. The van der Waals surface area contributed by atoms with E-state index in [2.05, 4.69) is 15.9 Å². The quantitative estimate of drug-likeness (QED) is 0.382. The summed E-state index contributed by atoms with van der Waals surface area (Å²) >= 11 is 6.95. The van der Waals surface area contributed by atoms with Crippen molar-refractivity contribution in [3.63, 3.8) is 0 Å². The summed E-state index contributed by atoms with van der Waals surface area (Å²) in [6.07, 6.45) is 0. The maximum atomic E-state index is 10.7. The predicted octanol–water partition coefficient (Wildman–Crippen LogP) is 5.11. The topological polar surface area (TPSA) is 43.1 Å². The third-order valence-electron chi connectivity index (χ3n) is 2.17. The molecule has 18 heavy (non-hydrogen) atoms. The molecule has 0 aliphatic rings. The minimum Gasteiger partial charge on any atom is -0.258 e. The van der Waals surface area contributed by atoms with Crippen molar-refractivity contribution in [2.45, 2.75) is 9.79 Å². The van der Waals surface area contributed by atoms with Gasteiger partial charge in [0.1, 0.15) is 0 Å². The Labute approximate surface area is 130 Å². The molecule has 0 radical (unpaired) electrons. The second-order valence-corrected chi connectivity index (χ2v) is 6.65. The molecule has 0 aliphatic carbocycles. The Morgan fingerprint density at radius 3 is 2.28 bits per heavy atom. The van der Waals surface area contributed by atoms with Crippen LogP contribution in [0.5, 0.6) is 0 Å². The lowest BCUT2D eigenvalue weighted by Gasteiger charge is -2.03. The van der Waals surface area contributed by atoms with Gasteiger partial charge in [-0.3, -0.25) is 10.1 Å². The third-order valence-corrected chi connectivity index (χ3v) is 4.56. The van der Waals surface area contributed by atoms with E-state index in [0.29, 0.717) is 3.57 Å². The van der Waals surface area contributed by atoms with E-state index in [0.717, 1.165) is 14.3 Å². The highest BCUT2D eigenvalue weighted by atomic mass is 127. The largest absolute Gasteiger partial charge is 0.282 e. The molecule has 0 N–H and O–H groups in total. The number of halogens is 2. The fourth-order valence-corrected chi connectivity index (χ4v) is 3.38. The van der Waals surface area contributed by atoms with E-state index in [1.54, 1.807) is 23.9 Å². The molecule has 0 bridgehead atoms. The van der Waals surface area contributed by atoms with E-state index >= 15 is 0 Å². The average Bonchev–Trinajstić information content (AvgIpc) is 2.32. The highest BCUT2D eigenvalue weighted by Gasteiger charge is 2.11. The number of nitro groups is 1. The Morgan fingerprint density at radius 1 is 1.11 bits per heavy atom. The van der Waals surface area contributed by atoms with Gasteiger partial charge in [-0.2, -0.15) is 0 Å². The lowest BCUT2D eigenvalue weighted by atomic mass is 10.3. The van der Waals surface area contributed by atoms with Crippen molar-refractivity contribution >= 4 is 56.0 Å². The van der Waals surface area contributed by atoms with Gasteiger partial charge in [-0.25, -0.2) is 0 Å². The fraction of sp³-hybridized carbons (Fsp3) is 0. The Balaban J connectivity index is 2.22. The molecule has 2 aromatic rings. The second kappa shape index (κ2) is 6.03. The first kappa shape index (κ1) is 13.8. The number of hydrogen-bond acceptors (Lipinski definition) is 3. The van der Waals surface area contributed by atoms with Crippen LogP contribution in [0.1, 0.15) is 0 Å². The van der Waals surface area contributed by atoms with Gasteiger partial charge in [0.05, 0.1) is 8.49 Å². The van der Waals surface area contributed by atoms with Crippen LogP contribution < -0.4 is 0 Å². The van der Waals surface area contributed by atoms with Crippen LogP contribution in [0.2, 0.25) is 0 Å². The molecule has 0 saturated carbocycles. The van der Waals surface area contributed by atoms with Gasteiger partial charge in [-0.1, -0.05) is 27.7 Å². The Morgan fingerprint density at radius 2 is 1.72 bits per heavy atom. The number of nitro benzene ring substituents is 1. The summed E-state index contributed by atoms with van der Waals surface area (Å²) in [7, 11) is 0. The molecule has 0 aromatic heterocycles. The summed E-state index contributed by atoms with van der Waals surface area (Å²) in [6, 6.07) is 13.1. The van der Waals surface area contributed by atoms with Crippen LogP contribution in [0, 0.1) is 13.7 Å². The summed E-state index contributed by atoms with van der Waals surface area (Å²) in [4.78, 5) is 12.4. The van der Waals surface area contributed by atoms with Gasteiger partial charge in [0.2, 0.25) is 0 Å². The van der Waals surface area contributed by atoms with Crippen molar-refractivity contribution in [1.29, 1.82) is 0 Å². The van der Waals surface area contributed by atoms with E-state index in [-0.39, 0.29) is 10.6 Å². The van der Waals surface area contributed by atoms with Gasteiger partial charge in [0.15, 0.2) is 0 Å². The van der Waals surface area contributed by atoms with Crippen LogP contribution in [0.15, 0.2) is 56.7 Å². The molecular weight excluding hydrogens is 429 g/mol. The second-order valence-electron chi connectivity index (χ2n) is 3.43. The minimum absolute atomic E-state index is 0.149. The van der Waals surface area contributed by atoms with Gasteiger partial charge in [-0.05, 0) is 59.0 Å². The number of rotatable bonds is 3. The van der Waals surface area contributed by atoms with Crippen LogP contribution in [0.4, 0.5) is 5.69 Å². The Kier molecular flexibility index (Phi) is 4.63. The van der Waals surface area contributed by atoms with Gasteiger partial charge in [-0.15, -0.1) is 0 Å². The zero-order valence-corrected chi connectivity index (χ0v) is 13.5. The van der Waals surface area contributed by atoms with Crippen molar-refractivity contribution in [1.82, 2.24) is 0 Å². The van der Waals surface area contributed by atoms with Crippen LogP contribution in [0.3, 0.4) is 0 Å². The van der Waals surface area contributed by atoms with Gasteiger partial charge in [0, 0.05) is 20.3 Å². The lowest BCUT2D eigenvalue weighted by Crippen LogP contribution is -1.91. The third kappa shape index (κ3) is 3.46. The predicted molar refractivity (Wildman–Crippen MR) is 84.1 cm³/mol. The first-order valence-electron chi connectivity index (χ1n) is 4.93. The highest BCUT2D eigenvalue weighted by Crippen LogP contribution is 2.32. The standard InChI is InChI=1S/C12H7BrINO2S/c13-8-1-3-9(4-2-8)18-10-5-6-12(15(16)17)11(14)7-10/h1-7H. The van der Waals surface area contributed by atoms with Crippen molar-refractivity contribution in [3.8, 4) is 0 Å². The maximum Gasteiger partial charge on any atom is 0.282 e. The average molecular weight is 436 g/mol. The maximum absolute atomic E-state index is 10.7. The molecule has 0 aliphatic heterocycles. The summed E-state index contributed by atoms with van der Waals surface area (Å²) in [5.41, 5.74) is 0.149. The molecule has 3 nitrogen and oxygen atoms in total. The van der Waals surface area contributed by atoms with E-state index in [1.165, 1.54) is 0 Å².